The smallest absolute Gasteiger partial charge is 0.0856 e. The number of nitrogens with zero attached hydrogens (tertiary/aromatic N) is 3. The third-order valence-corrected chi connectivity index (χ3v) is 0.477. The third kappa shape index (κ3) is 5.11. The molecular weight excluding hydrogens is 92.1 g/mol. The van der Waals surface area contributed by atoms with E-state index in [4.69, 9.17) is 5.53 Å². The van der Waals surface area contributed by atoms with Crippen molar-refractivity contribution in [2.75, 3.05) is 6.54 Å². The van der Waals surface area contributed by atoms with Crippen molar-refractivity contribution in [2.45, 2.75) is 13.3 Å². The zero-order valence-corrected chi connectivity index (χ0v) is 4.26. The molecule has 0 aromatic heterocycles. The van der Waals surface area contributed by atoms with Crippen molar-refractivity contribution in [1.82, 2.24) is 5.43 Å². The Bertz CT molecular complexity index is 73.0. The Hall–Kier alpha value is -0.890. The van der Waals surface area contributed by atoms with Crippen LogP contribution in [0.25, 0.3) is 10.4 Å². The molecule has 0 aliphatic carbocycles. The van der Waals surface area contributed by atoms with E-state index in [1.54, 1.807) is 0 Å². The molecule has 7 heavy (non-hydrogen) atoms. The van der Waals surface area contributed by atoms with Crippen molar-refractivity contribution in [1.29, 1.82) is 0 Å². The molecule has 0 aliphatic heterocycles. The first-order valence-corrected chi connectivity index (χ1v) is 2.18. The van der Waals surface area contributed by atoms with Gasteiger partial charge in [-0.1, -0.05) is 6.92 Å². The second-order valence-electron chi connectivity index (χ2n) is 1.10. The van der Waals surface area contributed by atoms with Crippen LogP contribution in [0.3, 0.4) is 0 Å². The van der Waals surface area contributed by atoms with Crippen LogP contribution in [-0.2, 0) is 0 Å². The van der Waals surface area contributed by atoms with Gasteiger partial charge in [-0.2, -0.15) is 4.91 Å². The van der Waals surface area contributed by atoms with Gasteiger partial charge in [-0.15, -0.1) is 5.53 Å². The van der Waals surface area contributed by atoms with E-state index in [1.807, 2.05) is 6.92 Å². The van der Waals surface area contributed by atoms with E-state index in [0.717, 1.165) is 13.0 Å². The van der Waals surface area contributed by atoms with E-state index in [0.29, 0.717) is 0 Å². The summed E-state index contributed by atoms with van der Waals surface area (Å²) < 4.78 is 0. The van der Waals surface area contributed by atoms with Crippen LogP contribution < -0.4 is 5.43 Å². The predicted molar refractivity (Wildman–Crippen MR) is 27.4 cm³/mol. The van der Waals surface area contributed by atoms with E-state index in [9.17, 15) is 0 Å². The van der Waals surface area contributed by atoms with Crippen LogP contribution in [0.5, 0.6) is 0 Å². The summed E-state index contributed by atoms with van der Waals surface area (Å²) in [5, 5.41) is 3.09. The lowest BCUT2D eigenvalue weighted by Gasteiger charge is -1.84. The fourth-order valence-corrected chi connectivity index (χ4v) is 0.193. The van der Waals surface area contributed by atoms with Crippen molar-refractivity contribution in [3.63, 3.8) is 0 Å². The minimum Gasteiger partial charge on any atom is -0.261 e. The summed E-state index contributed by atoms with van der Waals surface area (Å²) in [7, 11) is 0. The lowest BCUT2D eigenvalue weighted by molar-refractivity contribution is 0.708. The lowest BCUT2D eigenvalue weighted by Crippen LogP contribution is -2.02. The lowest BCUT2D eigenvalue weighted by atomic mass is 10.5. The van der Waals surface area contributed by atoms with Crippen molar-refractivity contribution in [3.8, 4) is 0 Å². The monoisotopic (exact) mass is 100 g/mol. The fraction of sp³-hybridized carbons (Fsp3) is 1.00. The van der Waals surface area contributed by atoms with E-state index in [-0.39, 0.29) is 0 Å². The first-order valence-electron chi connectivity index (χ1n) is 2.18. The van der Waals surface area contributed by atoms with Gasteiger partial charge in [0.15, 0.2) is 0 Å². The second kappa shape index (κ2) is 5.11. The Morgan fingerprint density at radius 3 is 3.00 bits per heavy atom. The highest BCUT2D eigenvalue weighted by molar-refractivity contribution is 4.37. The molecule has 0 saturated heterocycles. The summed E-state index contributed by atoms with van der Waals surface area (Å²) in [5.41, 5.74) is 10.2. The molecule has 0 fully saturated rings. The molecule has 1 N–H and O–H groups in total. The van der Waals surface area contributed by atoms with E-state index in [2.05, 4.69) is 15.6 Å². The molecule has 0 amide bonds. The van der Waals surface area contributed by atoms with Gasteiger partial charge in [-0.05, 0) is 11.6 Å². The summed E-state index contributed by atoms with van der Waals surface area (Å²) in [6.07, 6.45) is 0.985. The SMILES string of the molecule is CCCNN=[N+]=[N-]. The number of hydrogen-bond acceptors (Lipinski definition) is 1. The Labute approximate surface area is 42.1 Å². The molecule has 0 atom stereocenters. The molecule has 0 bridgehead atoms. The first kappa shape index (κ1) is 6.11. The quantitative estimate of drug-likeness (QED) is 0.187. The molecule has 0 rings (SSSR count). The van der Waals surface area contributed by atoms with Crippen LogP contribution in [0, 0.1) is 0 Å². The number of nitrogens with one attached hydrogen (secondary N) is 1. The Morgan fingerprint density at radius 1 is 1.86 bits per heavy atom. The summed E-state index contributed by atoms with van der Waals surface area (Å²) in [5.74, 6) is 0. The maximum Gasteiger partial charge on any atom is 0.0856 e. The Balaban J connectivity index is 2.83. The highest BCUT2D eigenvalue weighted by Crippen LogP contribution is 1.67. The zero-order chi connectivity index (χ0) is 5.54. The third-order valence-electron chi connectivity index (χ3n) is 0.477. The van der Waals surface area contributed by atoms with Gasteiger partial charge in [-0.3, -0.25) is 5.43 Å². The molecule has 0 aromatic carbocycles. The molecule has 40 valence electrons. The zero-order valence-electron chi connectivity index (χ0n) is 4.26. The predicted octanol–water partition coefficient (Wildman–Crippen LogP) is 1.21. The van der Waals surface area contributed by atoms with Crippen LogP contribution in [0.2, 0.25) is 0 Å². The highest BCUT2D eigenvalue weighted by atomic mass is 15.4. The number of rotatable bonds is 3. The summed E-state index contributed by atoms with van der Waals surface area (Å²) >= 11 is 0. The minimum absolute atomic E-state index is 0.754. The van der Waals surface area contributed by atoms with Crippen LogP contribution in [0.1, 0.15) is 13.3 Å². The largest absolute Gasteiger partial charge is 0.261 e. The van der Waals surface area contributed by atoms with Crippen molar-refractivity contribution < 1.29 is 0 Å². The van der Waals surface area contributed by atoms with Gasteiger partial charge < -0.3 is 0 Å². The van der Waals surface area contributed by atoms with Crippen molar-refractivity contribution in [2.24, 2.45) is 5.22 Å². The van der Waals surface area contributed by atoms with Gasteiger partial charge in [-0.25, -0.2) is 0 Å². The van der Waals surface area contributed by atoms with Gasteiger partial charge in [0, 0.05) is 0 Å². The maximum atomic E-state index is 7.69. The highest BCUT2D eigenvalue weighted by Gasteiger charge is 1.72. The van der Waals surface area contributed by atoms with Crippen LogP contribution in [0.4, 0.5) is 0 Å². The Morgan fingerprint density at radius 2 is 2.57 bits per heavy atom. The first-order chi connectivity index (χ1) is 3.41. The average Bonchev–Trinajstić information content (AvgIpc) is 1.69. The van der Waals surface area contributed by atoms with E-state index < -0.39 is 0 Å². The van der Waals surface area contributed by atoms with Gasteiger partial charge in [0.25, 0.3) is 0 Å². The minimum atomic E-state index is 0.754. The maximum absolute atomic E-state index is 7.69. The van der Waals surface area contributed by atoms with Crippen molar-refractivity contribution in [3.05, 3.63) is 10.4 Å². The summed E-state index contributed by atoms with van der Waals surface area (Å²) in [4.78, 5) is 2.49. The van der Waals surface area contributed by atoms with Crippen LogP contribution in [-0.4, -0.2) is 6.54 Å². The molecule has 0 heterocycles. The second-order valence-corrected chi connectivity index (χ2v) is 1.10. The molecule has 0 saturated carbocycles. The number of hydrogen-bond donors (Lipinski definition) is 1. The van der Waals surface area contributed by atoms with Gasteiger partial charge in [0.05, 0.1) is 6.54 Å². The normalized spacial score (nSPS) is 7.00. The van der Waals surface area contributed by atoms with E-state index >= 15 is 0 Å². The van der Waals surface area contributed by atoms with Crippen molar-refractivity contribution >= 4 is 0 Å². The fourth-order valence-electron chi connectivity index (χ4n) is 0.193. The van der Waals surface area contributed by atoms with Gasteiger partial charge in [0.2, 0.25) is 0 Å². The molecule has 4 heteroatoms. The van der Waals surface area contributed by atoms with Crippen LogP contribution in [0.15, 0.2) is 5.22 Å². The molecule has 0 spiro atoms. The molecule has 4 nitrogen and oxygen atoms in total. The number of azide groups is 1. The Kier molecular flexibility index (Phi) is 4.46. The van der Waals surface area contributed by atoms with Crippen LogP contribution >= 0.6 is 0 Å². The molecule has 0 unspecified atom stereocenters. The average molecular weight is 100 g/mol. The molecule has 0 aromatic rings. The summed E-state index contributed by atoms with van der Waals surface area (Å²) in [6.45, 7) is 2.75. The standard InChI is InChI=1S/C3H8N4/c1-2-3-5-7-6-4/h5H,2-3H2,1H3. The molecule has 0 aliphatic rings. The molecule has 0 radical (unpaired) electrons. The van der Waals surface area contributed by atoms with E-state index in [1.165, 1.54) is 0 Å². The van der Waals surface area contributed by atoms with Gasteiger partial charge >= 0.3 is 0 Å². The molecular formula is C3H8N4. The van der Waals surface area contributed by atoms with Gasteiger partial charge in [0.1, 0.15) is 0 Å². The topological polar surface area (TPSA) is 60.8 Å². The summed E-state index contributed by atoms with van der Waals surface area (Å²) in [6, 6.07) is 0.